The molecule has 1 atom stereocenters. The summed E-state index contributed by atoms with van der Waals surface area (Å²) in [7, 11) is 0. The summed E-state index contributed by atoms with van der Waals surface area (Å²) < 4.78 is 6.12. The van der Waals surface area contributed by atoms with E-state index in [1.54, 1.807) is 0 Å². The van der Waals surface area contributed by atoms with Crippen LogP contribution < -0.4 is 10.1 Å². The number of benzene rings is 1. The number of fused-ring (bicyclic) bond motifs is 2. The van der Waals surface area contributed by atoms with E-state index in [-0.39, 0.29) is 4.32 Å². The highest BCUT2D eigenvalue weighted by Crippen LogP contribution is 2.37. The normalized spacial score (nSPS) is 26.9. The van der Waals surface area contributed by atoms with E-state index >= 15 is 0 Å². The lowest BCUT2D eigenvalue weighted by atomic mass is 10.00. The predicted octanol–water partition coefficient (Wildman–Crippen LogP) is 3.06. The number of nitrogens with zero attached hydrogens (tertiary/aromatic N) is 2. The molecule has 1 aliphatic carbocycles. The van der Waals surface area contributed by atoms with Crippen LogP contribution in [0.2, 0.25) is 0 Å². The van der Waals surface area contributed by atoms with Crippen molar-refractivity contribution in [1.29, 1.82) is 0 Å². The van der Waals surface area contributed by atoms with Gasteiger partial charge in [0.1, 0.15) is 23.0 Å². The van der Waals surface area contributed by atoms with E-state index < -0.39 is 0 Å². The van der Waals surface area contributed by atoms with E-state index in [1.807, 2.05) is 18.2 Å². The van der Waals surface area contributed by atoms with Gasteiger partial charge < -0.3 is 15.0 Å². The number of amidine groups is 1. The van der Waals surface area contributed by atoms with Crippen molar-refractivity contribution in [2.24, 2.45) is 4.99 Å². The summed E-state index contributed by atoms with van der Waals surface area (Å²) in [6, 6.07) is 8.19. The number of rotatable bonds is 0. The van der Waals surface area contributed by atoms with Crippen molar-refractivity contribution in [2.45, 2.75) is 17.7 Å². The zero-order valence-electron chi connectivity index (χ0n) is 13.2. The Labute approximate surface area is 145 Å². The minimum absolute atomic E-state index is 0.0657. The fourth-order valence-electron chi connectivity index (χ4n) is 3.14. The highest BCUT2D eigenvalue weighted by Gasteiger charge is 2.29. The molecule has 3 aliphatic rings. The Morgan fingerprint density at radius 1 is 1.26 bits per heavy atom. The van der Waals surface area contributed by atoms with Crippen LogP contribution in [0.3, 0.4) is 0 Å². The van der Waals surface area contributed by atoms with Crippen LogP contribution in [0.25, 0.3) is 0 Å². The Kier molecular flexibility index (Phi) is 3.77. The van der Waals surface area contributed by atoms with Gasteiger partial charge in [-0.1, -0.05) is 28.1 Å². The monoisotopic (exact) mass is 373 g/mol. The van der Waals surface area contributed by atoms with Crippen LogP contribution in [-0.4, -0.2) is 41.2 Å². The molecule has 1 aromatic rings. The maximum atomic E-state index is 6.19. The number of piperazine rings is 1. The third-order valence-electron chi connectivity index (χ3n) is 4.37. The minimum Gasteiger partial charge on any atom is -0.455 e. The van der Waals surface area contributed by atoms with E-state index in [4.69, 9.17) is 9.73 Å². The summed E-state index contributed by atoms with van der Waals surface area (Å²) in [6.07, 6.45) is 5.19. The molecular weight excluding hydrogens is 354 g/mol. The highest BCUT2D eigenvalue weighted by molar-refractivity contribution is 9.10. The average Bonchev–Trinajstić information content (AvgIpc) is 2.71. The molecule has 0 aromatic heterocycles. The van der Waals surface area contributed by atoms with Crippen molar-refractivity contribution < 1.29 is 4.74 Å². The average molecular weight is 374 g/mol. The number of alkyl halides is 1. The van der Waals surface area contributed by atoms with Gasteiger partial charge >= 0.3 is 0 Å². The molecule has 0 amide bonds. The van der Waals surface area contributed by atoms with E-state index in [1.165, 1.54) is 0 Å². The van der Waals surface area contributed by atoms with Crippen LogP contribution in [-0.2, 0) is 0 Å². The molecule has 23 heavy (non-hydrogen) atoms. The van der Waals surface area contributed by atoms with E-state index in [0.29, 0.717) is 0 Å². The van der Waals surface area contributed by atoms with Crippen LogP contribution in [0.4, 0.5) is 0 Å². The van der Waals surface area contributed by atoms with Crippen molar-refractivity contribution in [3.05, 3.63) is 53.4 Å². The zero-order chi connectivity index (χ0) is 15.9. The first kappa shape index (κ1) is 15.0. The third-order valence-corrected chi connectivity index (χ3v) is 4.92. The maximum Gasteiger partial charge on any atom is 0.148 e. The number of aliphatic imine (C=N–C) groups is 1. The van der Waals surface area contributed by atoms with E-state index in [2.05, 4.69) is 51.3 Å². The second kappa shape index (κ2) is 5.80. The summed E-state index contributed by atoms with van der Waals surface area (Å²) in [5.41, 5.74) is 1.99. The number of allylic oxidation sites excluding steroid dienone is 2. The molecule has 2 aliphatic heterocycles. The van der Waals surface area contributed by atoms with Crippen molar-refractivity contribution in [2.75, 3.05) is 26.2 Å². The topological polar surface area (TPSA) is 36.9 Å². The molecule has 0 saturated carbocycles. The van der Waals surface area contributed by atoms with Crippen molar-refractivity contribution in [3.63, 3.8) is 0 Å². The first-order valence-electron chi connectivity index (χ1n) is 8.06. The Bertz CT molecular complexity index is 715. The Balaban J connectivity index is 1.84. The molecular formula is C18H20BrN3O. The maximum absolute atomic E-state index is 6.19. The number of ether oxygens (including phenoxy) is 1. The zero-order valence-corrected chi connectivity index (χ0v) is 14.8. The SMILES string of the molecule is CC1(Br)C=C2N=C(N3CCNCC3)c3ccccc3OC2=CC1. The molecule has 120 valence electrons. The number of halogens is 1. The number of hydrogen-bond acceptors (Lipinski definition) is 4. The fourth-order valence-corrected chi connectivity index (χ4v) is 3.52. The van der Waals surface area contributed by atoms with Crippen molar-refractivity contribution in [1.82, 2.24) is 10.2 Å². The van der Waals surface area contributed by atoms with Gasteiger partial charge in [-0.2, -0.15) is 0 Å². The summed E-state index contributed by atoms with van der Waals surface area (Å²) in [4.78, 5) is 7.36. The molecule has 5 heteroatoms. The highest BCUT2D eigenvalue weighted by atomic mass is 79.9. The van der Waals surface area contributed by atoms with Gasteiger partial charge in [0.25, 0.3) is 0 Å². The quantitative estimate of drug-likeness (QED) is 0.710. The molecule has 0 radical (unpaired) electrons. The lowest BCUT2D eigenvalue weighted by Crippen LogP contribution is -2.46. The lowest BCUT2D eigenvalue weighted by molar-refractivity contribution is 0.357. The fraction of sp³-hybridized carbons (Fsp3) is 0.389. The van der Waals surface area contributed by atoms with Gasteiger partial charge in [0.15, 0.2) is 0 Å². The largest absolute Gasteiger partial charge is 0.455 e. The molecule has 1 saturated heterocycles. The van der Waals surface area contributed by atoms with Crippen molar-refractivity contribution in [3.8, 4) is 5.75 Å². The minimum atomic E-state index is -0.0657. The van der Waals surface area contributed by atoms with Gasteiger partial charge in [-0.05, 0) is 37.6 Å². The molecule has 1 unspecified atom stereocenters. The van der Waals surface area contributed by atoms with Gasteiger partial charge in [-0.15, -0.1) is 0 Å². The predicted molar refractivity (Wildman–Crippen MR) is 96.2 cm³/mol. The molecule has 1 aromatic carbocycles. The number of hydrogen-bond donors (Lipinski definition) is 1. The van der Waals surface area contributed by atoms with Crippen LogP contribution in [0, 0.1) is 0 Å². The van der Waals surface area contributed by atoms with Crippen LogP contribution in [0.15, 0.2) is 52.9 Å². The van der Waals surface area contributed by atoms with Gasteiger partial charge in [-0.25, -0.2) is 4.99 Å². The Morgan fingerprint density at radius 2 is 2.04 bits per heavy atom. The number of nitrogens with one attached hydrogen (secondary N) is 1. The Morgan fingerprint density at radius 3 is 2.87 bits per heavy atom. The standard InChI is InChI=1S/C18H20BrN3O/c1-18(19)7-6-16-14(12-18)21-17(22-10-8-20-9-11-22)13-4-2-3-5-15(13)23-16/h2-6,12,20H,7-11H2,1H3. The first-order chi connectivity index (χ1) is 11.1. The molecule has 2 heterocycles. The Hall–Kier alpha value is -1.59. The first-order valence-corrected chi connectivity index (χ1v) is 8.86. The van der Waals surface area contributed by atoms with Crippen molar-refractivity contribution >= 4 is 21.8 Å². The second-order valence-electron chi connectivity index (χ2n) is 6.35. The summed E-state index contributed by atoms with van der Waals surface area (Å²) >= 11 is 3.76. The smallest absolute Gasteiger partial charge is 0.148 e. The molecule has 4 rings (SSSR count). The van der Waals surface area contributed by atoms with Gasteiger partial charge in [0.05, 0.1) is 5.56 Å². The summed E-state index contributed by atoms with van der Waals surface area (Å²) in [5.74, 6) is 2.76. The van der Waals surface area contributed by atoms with E-state index in [0.717, 1.165) is 61.2 Å². The summed E-state index contributed by atoms with van der Waals surface area (Å²) in [6.45, 7) is 6.06. The molecule has 1 fully saturated rings. The van der Waals surface area contributed by atoms with Crippen LogP contribution in [0.5, 0.6) is 5.75 Å². The molecule has 0 spiro atoms. The number of para-hydroxylation sites is 1. The van der Waals surface area contributed by atoms with Gasteiger partial charge in [-0.3, -0.25) is 0 Å². The molecule has 4 nitrogen and oxygen atoms in total. The van der Waals surface area contributed by atoms with Gasteiger partial charge in [0.2, 0.25) is 0 Å². The van der Waals surface area contributed by atoms with Crippen LogP contribution in [0.1, 0.15) is 18.9 Å². The summed E-state index contributed by atoms with van der Waals surface area (Å²) in [5, 5.41) is 3.40. The molecule has 1 N–H and O–H groups in total. The molecule has 0 bridgehead atoms. The van der Waals surface area contributed by atoms with E-state index in [9.17, 15) is 0 Å². The van der Waals surface area contributed by atoms with Crippen LogP contribution >= 0.6 is 15.9 Å². The van der Waals surface area contributed by atoms with Gasteiger partial charge in [0, 0.05) is 30.5 Å². The lowest BCUT2D eigenvalue weighted by Gasteiger charge is -2.30. The second-order valence-corrected chi connectivity index (χ2v) is 8.16. The third kappa shape index (κ3) is 2.95.